The molecular weight excluding hydrogens is 476 g/mol. The summed E-state index contributed by atoms with van der Waals surface area (Å²) >= 11 is 14.0. The van der Waals surface area contributed by atoms with E-state index >= 15 is 0 Å². The lowest BCUT2D eigenvalue weighted by molar-refractivity contribution is 1.18. The predicted molar refractivity (Wildman–Crippen MR) is 86.5 cm³/mol. The van der Waals surface area contributed by atoms with Crippen molar-refractivity contribution >= 4 is 63.7 Å². The minimum atomic E-state index is 0.913. The van der Waals surface area contributed by atoms with Gasteiger partial charge in [0.25, 0.3) is 0 Å². The smallest absolute Gasteiger partial charge is 0.0189 e. The third-order valence-electron chi connectivity index (χ3n) is 2.25. The SMILES string of the molecule is Brc1cc(Br)cc(Cc2cc(Br)cc(Br)c2)c1. The first-order chi connectivity index (χ1) is 8.02. The fraction of sp³-hybridized carbons (Fsp3) is 0.0769. The van der Waals surface area contributed by atoms with Crippen LogP contribution >= 0.6 is 63.7 Å². The van der Waals surface area contributed by atoms with E-state index in [-0.39, 0.29) is 0 Å². The first-order valence-electron chi connectivity index (χ1n) is 4.93. The normalized spacial score (nSPS) is 10.6. The average Bonchev–Trinajstić information content (AvgIpc) is 2.13. The second kappa shape index (κ2) is 6.00. The third kappa shape index (κ3) is 4.19. The van der Waals surface area contributed by atoms with Crippen LogP contribution in [0.4, 0.5) is 0 Å². The van der Waals surface area contributed by atoms with Gasteiger partial charge >= 0.3 is 0 Å². The van der Waals surface area contributed by atoms with Crippen molar-refractivity contribution in [1.29, 1.82) is 0 Å². The minimum Gasteiger partial charge on any atom is -0.0508 e. The number of hydrogen-bond acceptors (Lipinski definition) is 0. The quantitative estimate of drug-likeness (QED) is 0.468. The number of rotatable bonds is 2. The summed E-state index contributed by atoms with van der Waals surface area (Å²) < 4.78 is 4.37. The van der Waals surface area contributed by atoms with Crippen molar-refractivity contribution in [3.63, 3.8) is 0 Å². The fourth-order valence-corrected chi connectivity index (χ4v) is 4.44. The van der Waals surface area contributed by atoms with Crippen molar-refractivity contribution < 1.29 is 0 Å². The second-order valence-corrected chi connectivity index (χ2v) is 7.39. The number of halogens is 4. The lowest BCUT2D eigenvalue weighted by Crippen LogP contribution is -1.89. The molecular formula is C13H8Br4. The molecule has 2 aromatic rings. The molecule has 0 aliphatic carbocycles. The van der Waals surface area contributed by atoms with Crippen LogP contribution in [0.3, 0.4) is 0 Å². The van der Waals surface area contributed by atoms with Gasteiger partial charge in [0.2, 0.25) is 0 Å². The van der Waals surface area contributed by atoms with Gasteiger partial charge in [0.1, 0.15) is 0 Å². The highest BCUT2D eigenvalue weighted by Crippen LogP contribution is 2.25. The lowest BCUT2D eigenvalue weighted by atomic mass is 10.1. The lowest BCUT2D eigenvalue weighted by Gasteiger charge is -2.05. The molecule has 4 heteroatoms. The van der Waals surface area contributed by atoms with Gasteiger partial charge in [0.15, 0.2) is 0 Å². The number of hydrogen-bond donors (Lipinski definition) is 0. The van der Waals surface area contributed by atoms with Crippen LogP contribution in [-0.4, -0.2) is 0 Å². The highest BCUT2D eigenvalue weighted by Gasteiger charge is 2.02. The van der Waals surface area contributed by atoms with Gasteiger partial charge in [-0.15, -0.1) is 0 Å². The van der Waals surface area contributed by atoms with E-state index in [1.54, 1.807) is 0 Å². The first-order valence-corrected chi connectivity index (χ1v) is 8.10. The van der Waals surface area contributed by atoms with Crippen LogP contribution in [0.15, 0.2) is 54.3 Å². The van der Waals surface area contributed by atoms with E-state index < -0.39 is 0 Å². The summed E-state index contributed by atoms with van der Waals surface area (Å²) in [6, 6.07) is 12.6. The molecule has 2 rings (SSSR count). The van der Waals surface area contributed by atoms with E-state index in [1.165, 1.54) is 11.1 Å². The zero-order valence-electron chi connectivity index (χ0n) is 8.68. The van der Waals surface area contributed by atoms with Crippen LogP contribution < -0.4 is 0 Å². The Kier molecular flexibility index (Phi) is 4.87. The van der Waals surface area contributed by atoms with E-state index in [2.05, 4.69) is 88.0 Å². The molecule has 0 atom stereocenters. The molecule has 0 saturated heterocycles. The Morgan fingerprint density at radius 2 is 0.824 bits per heavy atom. The standard InChI is InChI=1S/C13H8Br4/c14-10-2-8(3-11(15)6-10)1-9-4-12(16)7-13(17)5-9/h2-7H,1H2. The van der Waals surface area contributed by atoms with Gasteiger partial charge in [0.05, 0.1) is 0 Å². The van der Waals surface area contributed by atoms with Gasteiger partial charge in [-0.3, -0.25) is 0 Å². The highest BCUT2D eigenvalue weighted by atomic mass is 79.9. The van der Waals surface area contributed by atoms with Crippen LogP contribution in [0.1, 0.15) is 11.1 Å². The highest BCUT2D eigenvalue weighted by molar-refractivity contribution is 9.11. The molecule has 0 fully saturated rings. The summed E-state index contributed by atoms with van der Waals surface area (Å²) in [5, 5.41) is 0. The Labute approximate surface area is 134 Å². The summed E-state index contributed by atoms with van der Waals surface area (Å²) in [4.78, 5) is 0. The van der Waals surface area contributed by atoms with Gasteiger partial charge in [0, 0.05) is 17.9 Å². The van der Waals surface area contributed by atoms with Crippen molar-refractivity contribution in [1.82, 2.24) is 0 Å². The molecule has 0 radical (unpaired) electrons. The van der Waals surface area contributed by atoms with Crippen LogP contribution in [0.5, 0.6) is 0 Å². The van der Waals surface area contributed by atoms with Crippen molar-refractivity contribution in [3.8, 4) is 0 Å². The predicted octanol–water partition coefficient (Wildman–Crippen LogP) is 6.33. The molecule has 17 heavy (non-hydrogen) atoms. The average molecular weight is 484 g/mol. The Balaban J connectivity index is 2.31. The van der Waals surface area contributed by atoms with E-state index in [9.17, 15) is 0 Å². The molecule has 0 bridgehead atoms. The number of benzene rings is 2. The summed E-state index contributed by atoms with van der Waals surface area (Å²) in [6.45, 7) is 0. The molecule has 0 unspecified atom stereocenters. The topological polar surface area (TPSA) is 0 Å². The van der Waals surface area contributed by atoms with Gasteiger partial charge in [-0.2, -0.15) is 0 Å². The van der Waals surface area contributed by atoms with E-state index in [4.69, 9.17) is 0 Å². The maximum atomic E-state index is 3.51. The molecule has 0 N–H and O–H groups in total. The van der Waals surface area contributed by atoms with E-state index in [0.29, 0.717) is 0 Å². The molecule has 0 nitrogen and oxygen atoms in total. The molecule has 2 aromatic carbocycles. The molecule has 0 heterocycles. The zero-order chi connectivity index (χ0) is 12.4. The van der Waals surface area contributed by atoms with Gasteiger partial charge < -0.3 is 0 Å². The molecule has 0 spiro atoms. The van der Waals surface area contributed by atoms with Gasteiger partial charge in [-0.1, -0.05) is 63.7 Å². The minimum absolute atomic E-state index is 0.913. The van der Waals surface area contributed by atoms with Crippen LogP contribution in [0, 0.1) is 0 Å². The summed E-state index contributed by atoms with van der Waals surface area (Å²) in [5.41, 5.74) is 2.55. The molecule has 0 amide bonds. The molecule has 0 saturated carbocycles. The van der Waals surface area contributed by atoms with Crippen molar-refractivity contribution in [2.75, 3.05) is 0 Å². The maximum absolute atomic E-state index is 3.51. The Bertz CT molecular complexity index is 459. The van der Waals surface area contributed by atoms with E-state index in [0.717, 1.165) is 24.3 Å². The molecule has 88 valence electrons. The maximum Gasteiger partial charge on any atom is 0.0189 e. The van der Waals surface area contributed by atoms with E-state index in [1.807, 2.05) is 12.1 Å². The molecule has 0 aliphatic heterocycles. The Morgan fingerprint density at radius 1 is 0.529 bits per heavy atom. The second-order valence-electron chi connectivity index (χ2n) is 3.73. The van der Waals surface area contributed by atoms with Crippen LogP contribution in [0.2, 0.25) is 0 Å². The van der Waals surface area contributed by atoms with Crippen LogP contribution in [0.25, 0.3) is 0 Å². The van der Waals surface area contributed by atoms with Gasteiger partial charge in [-0.25, -0.2) is 0 Å². The van der Waals surface area contributed by atoms with Gasteiger partial charge in [-0.05, 0) is 53.9 Å². The Morgan fingerprint density at radius 3 is 1.12 bits per heavy atom. The Hall–Kier alpha value is 0.360. The zero-order valence-corrected chi connectivity index (χ0v) is 15.0. The molecule has 0 aliphatic rings. The summed E-state index contributed by atoms with van der Waals surface area (Å²) in [6.07, 6.45) is 0.913. The van der Waals surface area contributed by atoms with Crippen molar-refractivity contribution in [2.45, 2.75) is 6.42 Å². The monoisotopic (exact) mass is 480 g/mol. The summed E-state index contributed by atoms with van der Waals surface area (Å²) in [5.74, 6) is 0. The van der Waals surface area contributed by atoms with Crippen LogP contribution in [-0.2, 0) is 6.42 Å². The summed E-state index contributed by atoms with van der Waals surface area (Å²) in [7, 11) is 0. The van der Waals surface area contributed by atoms with Crippen molar-refractivity contribution in [3.05, 3.63) is 65.4 Å². The third-order valence-corrected chi connectivity index (χ3v) is 4.08. The first kappa shape index (κ1) is 13.8. The fourth-order valence-electron chi connectivity index (χ4n) is 1.66. The van der Waals surface area contributed by atoms with Crippen molar-refractivity contribution in [2.24, 2.45) is 0 Å². The largest absolute Gasteiger partial charge is 0.0508 e. The molecule has 0 aromatic heterocycles.